The van der Waals surface area contributed by atoms with Gasteiger partial charge in [-0.3, -0.25) is 19.3 Å². The monoisotopic (exact) mass is 385 g/mol. The lowest BCUT2D eigenvalue weighted by atomic mass is 10.0. The highest BCUT2D eigenvalue weighted by Gasteiger charge is 2.42. The smallest absolute Gasteiger partial charge is 0.262 e. The molecule has 1 aliphatic rings. The van der Waals surface area contributed by atoms with Crippen molar-refractivity contribution in [3.8, 4) is 0 Å². The highest BCUT2D eigenvalue weighted by atomic mass is 16.2. The number of aromatic nitrogens is 1. The van der Waals surface area contributed by atoms with Crippen LogP contribution in [0.2, 0.25) is 0 Å². The summed E-state index contributed by atoms with van der Waals surface area (Å²) in [5.74, 6) is -1.01. The highest BCUT2D eigenvalue weighted by molar-refractivity contribution is 6.23. The maximum atomic E-state index is 13.1. The number of rotatable bonds is 5. The number of fused-ring (bicyclic) bond motifs is 1. The fourth-order valence-corrected chi connectivity index (χ4v) is 3.39. The van der Waals surface area contributed by atoms with Gasteiger partial charge in [0.1, 0.15) is 11.9 Å². The summed E-state index contributed by atoms with van der Waals surface area (Å²) in [5, 5.41) is 2.72. The molecule has 1 atom stereocenters. The van der Waals surface area contributed by atoms with E-state index in [0.717, 1.165) is 16.0 Å². The summed E-state index contributed by atoms with van der Waals surface area (Å²) in [6.45, 7) is 1.97. The first-order valence-corrected chi connectivity index (χ1v) is 9.29. The second-order valence-electron chi connectivity index (χ2n) is 6.94. The molecule has 144 valence electrons. The first-order valence-electron chi connectivity index (χ1n) is 9.29. The quantitative estimate of drug-likeness (QED) is 0.684. The number of benzene rings is 2. The number of nitrogens with one attached hydrogen (secondary N) is 1. The fraction of sp³-hybridized carbons (Fsp3) is 0.130. The molecule has 2 heterocycles. The highest BCUT2D eigenvalue weighted by Crippen LogP contribution is 2.26. The number of pyridine rings is 1. The Morgan fingerprint density at radius 1 is 0.931 bits per heavy atom. The average molecular weight is 385 g/mol. The van der Waals surface area contributed by atoms with Gasteiger partial charge in [0.2, 0.25) is 5.91 Å². The molecule has 6 heteroatoms. The van der Waals surface area contributed by atoms with Crippen LogP contribution in [0.4, 0.5) is 5.82 Å². The van der Waals surface area contributed by atoms with Crippen LogP contribution in [0.15, 0.2) is 72.9 Å². The maximum Gasteiger partial charge on any atom is 0.262 e. The van der Waals surface area contributed by atoms with Gasteiger partial charge in [-0.2, -0.15) is 0 Å². The molecule has 0 fully saturated rings. The summed E-state index contributed by atoms with van der Waals surface area (Å²) in [5.41, 5.74) is 2.58. The van der Waals surface area contributed by atoms with E-state index in [9.17, 15) is 14.4 Å². The Hall–Kier alpha value is -3.80. The number of hydrogen-bond acceptors (Lipinski definition) is 4. The topological polar surface area (TPSA) is 79.4 Å². The van der Waals surface area contributed by atoms with Gasteiger partial charge in [-0.1, -0.05) is 48.0 Å². The van der Waals surface area contributed by atoms with Crippen LogP contribution in [-0.4, -0.2) is 33.6 Å². The standard InChI is InChI=1S/C23H19N3O3/c1-15-9-11-16(12-10-15)14-19(21(27)25-20-8-4-5-13-24-20)26-22(28)17-6-2-3-7-18(17)23(26)29/h2-13,19H,14H2,1H3,(H,24,25,27). The molecule has 1 aromatic heterocycles. The van der Waals surface area contributed by atoms with Crippen LogP contribution in [0.3, 0.4) is 0 Å². The van der Waals surface area contributed by atoms with E-state index in [-0.39, 0.29) is 6.42 Å². The van der Waals surface area contributed by atoms with E-state index in [1.807, 2.05) is 31.2 Å². The number of anilines is 1. The third-order valence-electron chi connectivity index (χ3n) is 4.91. The summed E-state index contributed by atoms with van der Waals surface area (Å²) in [7, 11) is 0. The molecular weight excluding hydrogens is 366 g/mol. The molecule has 1 N–H and O–H groups in total. The molecule has 1 aliphatic heterocycles. The lowest BCUT2D eigenvalue weighted by Crippen LogP contribution is -2.48. The van der Waals surface area contributed by atoms with Crippen molar-refractivity contribution in [1.82, 2.24) is 9.88 Å². The summed E-state index contributed by atoms with van der Waals surface area (Å²) in [6, 6.07) is 18.4. The van der Waals surface area contributed by atoms with Crippen LogP contribution < -0.4 is 5.32 Å². The lowest BCUT2D eigenvalue weighted by molar-refractivity contribution is -0.120. The van der Waals surface area contributed by atoms with Gasteiger partial charge in [-0.15, -0.1) is 0 Å². The normalized spacial score (nSPS) is 13.9. The van der Waals surface area contributed by atoms with Crippen molar-refractivity contribution in [3.05, 3.63) is 95.2 Å². The molecule has 6 nitrogen and oxygen atoms in total. The van der Waals surface area contributed by atoms with E-state index in [2.05, 4.69) is 10.3 Å². The maximum absolute atomic E-state index is 13.1. The van der Waals surface area contributed by atoms with E-state index >= 15 is 0 Å². The zero-order chi connectivity index (χ0) is 20.4. The molecule has 0 bridgehead atoms. The number of nitrogens with zero attached hydrogens (tertiary/aromatic N) is 2. The number of carbonyl (C=O) groups excluding carboxylic acids is 3. The summed E-state index contributed by atoms with van der Waals surface area (Å²) < 4.78 is 0. The number of carbonyl (C=O) groups is 3. The molecule has 0 saturated heterocycles. The van der Waals surface area contributed by atoms with Gasteiger partial charge in [0.05, 0.1) is 11.1 Å². The Morgan fingerprint density at radius 2 is 1.55 bits per heavy atom. The second-order valence-corrected chi connectivity index (χ2v) is 6.94. The minimum absolute atomic E-state index is 0.213. The van der Waals surface area contributed by atoms with E-state index in [1.165, 1.54) is 0 Å². The summed E-state index contributed by atoms with van der Waals surface area (Å²) >= 11 is 0. The van der Waals surface area contributed by atoms with Gasteiger partial charge < -0.3 is 5.32 Å². The van der Waals surface area contributed by atoms with Crippen molar-refractivity contribution in [2.75, 3.05) is 5.32 Å². The molecule has 0 aliphatic carbocycles. The average Bonchev–Trinajstić information content (AvgIpc) is 2.99. The zero-order valence-electron chi connectivity index (χ0n) is 15.8. The van der Waals surface area contributed by atoms with Gasteiger partial charge >= 0.3 is 0 Å². The molecular formula is C23H19N3O3. The minimum atomic E-state index is -0.993. The van der Waals surface area contributed by atoms with Crippen molar-refractivity contribution >= 4 is 23.5 Å². The Labute approximate surface area is 168 Å². The molecule has 0 radical (unpaired) electrons. The molecule has 4 rings (SSSR count). The van der Waals surface area contributed by atoms with Crippen LogP contribution in [0, 0.1) is 6.92 Å². The summed E-state index contributed by atoms with van der Waals surface area (Å²) in [6.07, 6.45) is 1.77. The van der Waals surface area contributed by atoms with Gasteiger partial charge in [0.15, 0.2) is 0 Å². The van der Waals surface area contributed by atoms with Gasteiger partial charge in [0, 0.05) is 12.6 Å². The first-order chi connectivity index (χ1) is 14.0. The van der Waals surface area contributed by atoms with Crippen LogP contribution in [-0.2, 0) is 11.2 Å². The molecule has 3 amide bonds. The second kappa shape index (κ2) is 7.67. The van der Waals surface area contributed by atoms with E-state index < -0.39 is 23.8 Å². The van der Waals surface area contributed by atoms with E-state index in [4.69, 9.17) is 0 Å². The zero-order valence-corrected chi connectivity index (χ0v) is 15.8. The molecule has 1 unspecified atom stereocenters. The fourth-order valence-electron chi connectivity index (χ4n) is 3.39. The van der Waals surface area contributed by atoms with Crippen molar-refractivity contribution in [2.24, 2.45) is 0 Å². The number of hydrogen-bond donors (Lipinski definition) is 1. The predicted molar refractivity (Wildman–Crippen MR) is 108 cm³/mol. The van der Waals surface area contributed by atoms with Crippen LogP contribution in [0.5, 0.6) is 0 Å². The molecule has 2 aromatic carbocycles. The Morgan fingerprint density at radius 3 is 2.14 bits per heavy atom. The third kappa shape index (κ3) is 3.65. The number of amides is 3. The van der Waals surface area contributed by atoms with E-state index in [1.54, 1.807) is 48.7 Å². The predicted octanol–water partition coefficient (Wildman–Crippen LogP) is 3.24. The van der Waals surface area contributed by atoms with Gasteiger partial charge in [-0.25, -0.2) is 4.98 Å². The van der Waals surface area contributed by atoms with Crippen molar-refractivity contribution < 1.29 is 14.4 Å². The van der Waals surface area contributed by atoms with Crippen LogP contribution in [0.1, 0.15) is 31.8 Å². The van der Waals surface area contributed by atoms with Gasteiger partial charge in [0.25, 0.3) is 11.8 Å². The largest absolute Gasteiger partial charge is 0.309 e. The van der Waals surface area contributed by atoms with Crippen molar-refractivity contribution in [2.45, 2.75) is 19.4 Å². The number of aryl methyl sites for hydroxylation is 1. The summed E-state index contributed by atoms with van der Waals surface area (Å²) in [4.78, 5) is 44.2. The Kier molecular flexibility index (Phi) is 4.91. The Balaban J connectivity index is 1.68. The van der Waals surface area contributed by atoms with Crippen molar-refractivity contribution in [3.63, 3.8) is 0 Å². The van der Waals surface area contributed by atoms with Crippen molar-refractivity contribution in [1.29, 1.82) is 0 Å². The third-order valence-corrected chi connectivity index (χ3v) is 4.91. The first kappa shape index (κ1) is 18.6. The number of imide groups is 1. The molecule has 0 spiro atoms. The lowest BCUT2D eigenvalue weighted by Gasteiger charge is -2.25. The SMILES string of the molecule is Cc1ccc(CC(C(=O)Nc2ccccn2)N2C(=O)c3ccccc3C2=O)cc1. The van der Waals surface area contributed by atoms with Crippen LogP contribution >= 0.6 is 0 Å². The van der Waals surface area contributed by atoms with Gasteiger partial charge in [-0.05, 0) is 36.8 Å². The molecule has 3 aromatic rings. The minimum Gasteiger partial charge on any atom is -0.309 e. The molecule has 29 heavy (non-hydrogen) atoms. The Bertz CT molecular complexity index is 1040. The van der Waals surface area contributed by atoms with Crippen LogP contribution in [0.25, 0.3) is 0 Å². The molecule has 0 saturated carbocycles. The van der Waals surface area contributed by atoms with E-state index in [0.29, 0.717) is 16.9 Å².